The fourth-order valence-electron chi connectivity index (χ4n) is 5.12. The van der Waals surface area contributed by atoms with Crippen molar-refractivity contribution in [3.63, 3.8) is 0 Å². The van der Waals surface area contributed by atoms with Gasteiger partial charge < -0.3 is 19.3 Å². The average Bonchev–Trinajstić information content (AvgIpc) is 2.94. The summed E-state index contributed by atoms with van der Waals surface area (Å²) in [6.07, 6.45) is 3.47. The van der Waals surface area contributed by atoms with Crippen LogP contribution in [-0.2, 0) is 4.74 Å². The van der Waals surface area contributed by atoms with Crippen molar-refractivity contribution in [1.29, 1.82) is 0 Å². The molecule has 0 saturated carbocycles. The molecule has 0 unspecified atom stereocenters. The van der Waals surface area contributed by atoms with E-state index < -0.39 is 5.60 Å². The molecular formula is C32H39ClN6O3. The fourth-order valence-corrected chi connectivity index (χ4v) is 5.30. The Morgan fingerprint density at radius 3 is 2.48 bits per heavy atom. The molecule has 222 valence electrons. The summed E-state index contributed by atoms with van der Waals surface area (Å²) in [7, 11) is 0. The van der Waals surface area contributed by atoms with E-state index in [1.165, 1.54) is 0 Å². The van der Waals surface area contributed by atoms with Crippen LogP contribution < -0.4 is 9.64 Å². The molecular weight excluding hydrogens is 552 g/mol. The lowest BCUT2D eigenvalue weighted by Crippen LogP contribution is -2.50. The third kappa shape index (κ3) is 7.98. The second-order valence-electron chi connectivity index (χ2n) is 11.7. The first-order chi connectivity index (χ1) is 20.1. The summed E-state index contributed by atoms with van der Waals surface area (Å²) < 4.78 is 11.5. The number of benzene rings is 2. The quantitative estimate of drug-likeness (QED) is 0.310. The van der Waals surface area contributed by atoms with E-state index in [0.717, 1.165) is 74.2 Å². The van der Waals surface area contributed by atoms with Gasteiger partial charge in [-0.25, -0.2) is 14.8 Å². The molecule has 1 fully saturated rings. The third-order valence-corrected chi connectivity index (χ3v) is 7.39. The normalized spacial score (nSPS) is 16.8. The number of ether oxygens (including phenoxy) is 2. The molecule has 3 aromatic rings. The standard InChI is InChI=1S/C32H39ClN6O3/c1-23-34-22-28-29(36-25-9-6-11-27(21-25)41-26-10-5-8-24(33)20-26)12-15-38(30(28)35-23)14-7-13-37-16-18-39(19-17-37)31(40)42-32(2,3)4/h5-6,8-11,20-22H,7,12-19H2,1-4H3. The van der Waals surface area contributed by atoms with Gasteiger partial charge in [-0.05, 0) is 71.0 Å². The molecule has 2 aliphatic rings. The smallest absolute Gasteiger partial charge is 0.410 e. The number of halogens is 1. The Balaban J connectivity index is 1.20. The number of nitrogens with zero attached hydrogens (tertiary/aromatic N) is 6. The minimum atomic E-state index is -0.471. The topological polar surface area (TPSA) is 83.4 Å². The molecule has 42 heavy (non-hydrogen) atoms. The molecule has 1 amide bonds. The van der Waals surface area contributed by atoms with Gasteiger partial charge in [-0.15, -0.1) is 0 Å². The molecule has 1 aromatic heterocycles. The monoisotopic (exact) mass is 590 g/mol. The van der Waals surface area contributed by atoms with E-state index in [4.69, 9.17) is 31.1 Å². The largest absolute Gasteiger partial charge is 0.457 e. The van der Waals surface area contributed by atoms with Crippen LogP contribution in [0.5, 0.6) is 11.5 Å². The van der Waals surface area contributed by atoms with E-state index in [1.807, 2.05) is 81.3 Å². The highest BCUT2D eigenvalue weighted by molar-refractivity contribution is 6.30. The zero-order valence-electron chi connectivity index (χ0n) is 24.8. The number of piperazine rings is 1. The second kappa shape index (κ2) is 13.1. The molecule has 2 aliphatic heterocycles. The molecule has 10 heteroatoms. The van der Waals surface area contributed by atoms with Crippen LogP contribution in [0.4, 0.5) is 16.3 Å². The van der Waals surface area contributed by atoms with E-state index in [1.54, 1.807) is 6.07 Å². The molecule has 0 bridgehead atoms. The van der Waals surface area contributed by atoms with Gasteiger partial charge in [0.2, 0.25) is 0 Å². The summed E-state index contributed by atoms with van der Waals surface area (Å²) >= 11 is 6.11. The highest BCUT2D eigenvalue weighted by atomic mass is 35.5. The summed E-state index contributed by atoms with van der Waals surface area (Å²) in [5, 5.41) is 0.628. The van der Waals surface area contributed by atoms with Crippen LogP contribution in [0.3, 0.4) is 0 Å². The number of carbonyl (C=O) groups is 1. The molecule has 5 rings (SSSR count). The van der Waals surface area contributed by atoms with Crippen molar-refractivity contribution in [2.75, 3.05) is 50.7 Å². The fraction of sp³-hybridized carbons (Fsp3) is 0.438. The summed E-state index contributed by atoms with van der Waals surface area (Å²) in [5.74, 6) is 3.06. The summed E-state index contributed by atoms with van der Waals surface area (Å²) in [4.78, 5) is 33.3. The molecule has 0 atom stereocenters. The van der Waals surface area contributed by atoms with Crippen LogP contribution in [0.1, 0.15) is 45.0 Å². The maximum absolute atomic E-state index is 12.4. The number of fused-ring (bicyclic) bond motifs is 1. The van der Waals surface area contributed by atoms with Gasteiger partial charge in [0.15, 0.2) is 0 Å². The SMILES string of the molecule is Cc1ncc2c(n1)N(CCCN1CCN(C(=O)OC(C)(C)C)CC1)CCC2=Nc1cccc(Oc2cccc(Cl)c2)c1. The Morgan fingerprint density at radius 1 is 1.00 bits per heavy atom. The van der Waals surface area contributed by atoms with E-state index in [-0.39, 0.29) is 6.09 Å². The number of hydrogen-bond donors (Lipinski definition) is 0. The third-order valence-electron chi connectivity index (χ3n) is 7.16. The van der Waals surface area contributed by atoms with Gasteiger partial charge in [-0.3, -0.25) is 9.89 Å². The first-order valence-electron chi connectivity index (χ1n) is 14.5. The van der Waals surface area contributed by atoms with Crippen LogP contribution >= 0.6 is 11.6 Å². The predicted octanol–water partition coefficient (Wildman–Crippen LogP) is 6.50. The summed E-state index contributed by atoms with van der Waals surface area (Å²) in [6, 6.07) is 15.1. The predicted molar refractivity (Wildman–Crippen MR) is 167 cm³/mol. The molecule has 9 nitrogen and oxygen atoms in total. The van der Waals surface area contributed by atoms with Crippen molar-refractivity contribution in [3.8, 4) is 11.5 Å². The number of aryl methyl sites for hydroxylation is 1. The number of anilines is 1. The summed E-state index contributed by atoms with van der Waals surface area (Å²) in [5.41, 5.74) is 2.29. The Labute approximate surface area is 253 Å². The maximum Gasteiger partial charge on any atom is 0.410 e. The van der Waals surface area contributed by atoms with Gasteiger partial charge in [0.05, 0.1) is 17.0 Å². The Hall–Kier alpha value is -3.69. The van der Waals surface area contributed by atoms with E-state index >= 15 is 0 Å². The molecule has 3 heterocycles. The molecule has 0 spiro atoms. The highest BCUT2D eigenvalue weighted by Crippen LogP contribution is 2.30. The lowest BCUT2D eigenvalue weighted by Gasteiger charge is -2.36. The molecule has 2 aromatic carbocycles. The van der Waals surface area contributed by atoms with E-state index in [0.29, 0.717) is 29.6 Å². The van der Waals surface area contributed by atoms with Gasteiger partial charge in [0.1, 0.15) is 28.7 Å². The second-order valence-corrected chi connectivity index (χ2v) is 12.1. The van der Waals surface area contributed by atoms with Gasteiger partial charge in [0.25, 0.3) is 0 Å². The van der Waals surface area contributed by atoms with E-state index in [2.05, 4.69) is 14.8 Å². The van der Waals surface area contributed by atoms with Gasteiger partial charge in [-0.1, -0.05) is 23.7 Å². The van der Waals surface area contributed by atoms with Crippen LogP contribution in [0.15, 0.2) is 59.7 Å². The zero-order chi connectivity index (χ0) is 29.7. The Bertz CT molecular complexity index is 1430. The Morgan fingerprint density at radius 2 is 1.74 bits per heavy atom. The van der Waals surface area contributed by atoms with Crippen molar-refractivity contribution >= 4 is 34.9 Å². The average molecular weight is 591 g/mol. The number of amides is 1. The van der Waals surface area contributed by atoms with Gasteiger partial charge >= 0.3 is 6.09 Å². The number of aliphatic imine (C=N–C) groups is 1. The first-order valence-corrected chi connectivity index (χ1v) is 14.9. The first kappa shape index (κ1) is 29.8. The Kier molecular flexibility index (Phi) is 9.28. The van der Waals surface area contributed by atoms with Crippen LogP contribution in [-0.4, -0.2) is 83.0 Å². The lowest BCUT2D eigenvalue weighted by molar-refractivity contribution is 0.0145. The summed E-state index contributed by atoms with van der Waals surface area (Å²) in [6.45, 7) is 13.4. The minimum absolute atomic E-state index is 0.222. The van der Waals surface area contributed by atoms with Crippen LogP contribution in [0.2, 0.25) is 5.02 Å². The highest BCUT2D eigenvalue weighted by Gasteiger charge is 2.27. The number of carbonyl (C=O) groups excluding carboxylic acids is 1. The number of hydrogen-bond acceptors (Lipinski definition) is 8. The maximum atomic E-state index is 12.4. The van der Waals surface area contributed by atoms with Crippen LogP contribution in [0.25, 0.3) is 0 Å². The van der Waals surface area contributed by atoms with Crippen molar-refractivity contribution in [2.24, 2.45) is 4.99 Å². The molecule has 0 radical (unpaired) electrons. The van der Waals surface area contributed by atoms with Gasteiger partial charge in [-0.2, -0.15) is 0 Å². The van der Waals surface area contributed by atoms with E-state index in [9.17, 15) is 4.79 Å². The minimum Gasteiger partial charge on any atom is -0.457 e. The molecule has 0 N–H and O–H groups in total. The molecule has 0 aliphatic carbocycles. The van der Waals surface area contributed by atoms with Crippen molar-refractivity contribution in [1.82, 2.24) is 19.8 Å². The van der Waals surface area contributed by atoms with Crippen LogP contribution in [0, 0.1) is 6.92 Å². The zero-order valence-corrected chi connectivity index (χ0v) is 25.6. The van der Waals surface area contributed by atoms with Crippen molar-refractivity contribution < 1.29 is 14.3 Å². The van der Waals surface area contributed by atoms with Crippen molar-refractivity contribution in [2.45, 2.75) is 46.1 Å². The number of aromatic nitrogens is 2. The molecule has 1 saturated heterocycles. The lowest BCUT2D eigenvalue weighted by atomic mass is 10.0. The van der Waals surface area contributed by atoms with Crippen molar-refractivity contribution in [3.05, 3.63) is 71.1 Å². The van der Waals surface area contributed by atoms with Gasteiger partial charge in [0, 0.05) is 63.0 Å². The number of rotatable bonds is 7.